The van der Waals surface area contributed by atoms with Gasteiger partial charge in [-0.1, -0.05) is 0 Å². The van der Waals surface area contributed by atoms with Gasteiger partial charge in [0.1, 0.15) is 0 Å². The van der Waals surface area contributed by atoms with Gasteiger partial charge in [0.15, 0.2) is 0 Å². The van der Waals surface area contributed by atoms with E-state index in [1.54, 1.807) is 7.11 Å². The second kappa shape index (κ2) is 12.1. The van der Waals surface area contributed by atoms with Crippen molar-refractivity contribution in [2.24, 2.45) is 0 Å². The molecule has 0 radical (unpaired) electrons. The lowest BCUT2D eigenvalue weighted by Gasteiger charge is -2.28. The molecule has 0 bridgehead atoms. The molecule has 0 atom stereocenters. The lowest BCUT2D eigenvalue weighted by atomic mass is 10.4. The first-order chi connectivity index (χ1) is 9.64. The molecule has 0 aromatic rings. The first-order valence-electron chi connectivity index (χ1n) is 7.06. The zero-order valence-corrected chi connectivity index (χ0v) is 14.0. The third kappa shape index (κ3) is 8.49. The van der Waals surface area contributed by atoms with Crippen molar-refractivity contribution >= 4 is 14.8 Å². The van der Waals surface area contributed by atoms with Crippen molar-refractivity contribution < 1.29 is 22.8 Å². The van der Waals surface area contributed by atoms with Gasteiger partial charge >= 0.3 is 14.8 Å². The average molecular weight is 308 g/mol. The fourth-order valence-electron chi connectivity index (χ4n) is 1.61. The van der Waals surface area contributed by atoms with Gasteiger partial charge in [-0.15, -0.1) is 0 Å². The topological polar surface area (TPSA) is 78.1 Å². The Balaban J connectivity index is 4.18. The molecule has 2 amide bonds. The Morgan fingerprint density at radius 2 is 1.55 bits per heavy atom. The second-order valence-electron chi connectivity index (χ2n) is 3.94. The van der Waals surface area contributed by atoms with Crippen LogP contribution in [-0.4, -0.2) is 61.1 Å². The van der Waals surface area contributed by atoms with E-state index in [0.29, 0.717) is 33.0 Å². The molecule has 2 N–H and O–H groups in total. The number of nitrogens with one attached hydrogen (secondary N) is 2. The number of methoxy groups -OCH3 is 1. The maximum absolute atomic E-state index is 11.7. The summed E-state index contributed by atoms with van der Waals surface area (Å²) < 4.78 is 21.8. The van der Waals surface area contributed by atoms with Crippen LogP contribution in [0.5, 0.6) is 0 Å². The van der Waals surface area contributed by atoms with E-state index in [9.17, 15) is 4.79 Å². The van der Waals surface area contributed by atoms with Gasteiger partial charge in [0.25, 0.3) is 0 Å². The highest BCUT2D eigenvalue weighted by molar-refractivity contribution is 6.61. The first kappa shape index (κ1) is 19.3. The van der Waals surface area contributed by atoms with Crippen molar-refractivity contribution in [2.75, 3.05) is 46.3 Å². The van der Waals surface area contributed by atoms with Crippen LogP contribution in [0.3, 0.4) is 0 Å². The number of rotatable bonds is 12. The van der Waals surface area contributed by atoms with Gasteiger partial charge in [-0.05, 0) is 27.2 Å². The fraction of sp³-hybridized carbons (Fsp3) is 0.917. The van der Waals surface area contributed by atoms with E-state index in [1.165, 1.54) is 0 Å². The summed E-state index contributed by atoms with van der Waals surface area (Å²) in [7, 11) is -1.18. The number of carbonyl (C=O) groups is 1. The highest BCUT2D eigenvalue weighted by Gasteiger charge is 2.40. The Morgan fingerprint density at radius 1 is 1.00 bits per heavy atom. The number of urea groups is 1. The van der Waals surface area contributed by atoms with E-state index in [-0.39, 0.29) is 12.2 Å². The van der Waals surface area contributed by atoms with Crippen LogP contribution >= 0.6 is 0 Å². The summed E-state index contributed by atoms with van der Waals surface area (Å²) in [6, 6.07) is -0.253. The SMILES string of the molecule is CCO[Si](CNC(=O)NCCCOC)(OCC)OCC. The number of carbonyl (C=O) groups excluding carboxylic acids is 1. The van der Waals surface area contributed by atoms with Gasteiger partial charge < -0.3 is 28.6 Å². The van der Waals surface area contributed by atoms with Crippen molar-refractivity contribution in [3.8, 4) is 0 Å². The minimum absolute atomic E-state index is 0.253. The second-order valence-corrected chi connectivity index (χ2v) is 6.52. The zero-order valence-electron chi connectivity index (χ0n) is 13.0. The molecule has 0 spiro atoms. The highest BCUT2D eigenvalue weighted by Crippen LogP contribution is 2.08. The molecule has 0 unspecified atom stereocenters. The van der Waals surface area contributed by atoms with Crippen molar-refractivity contribution in [3.63, 3.8) is 0 Å². The first-order valence-corrected chi connectivity index (χ1v) is 8.99. The van der Waals surface area contributed by atoms with Crippen LogP contribution in [0.2, 0.25) is 0 Å². The summed E-state index contributed by atoms with van der Waals surface area (Å²) >= 11 is 0. The Bertz CT molecular complexity index is 239. The molecule has 0 heterocycles. The van der Waals surface area contributed by atoms with E-state index in [0.717, 1.165) is 6.42 Å². The lowest BCUT2D eigenvalue weighted by Crippen LogP contribution is -2.56. The molecule has 0 aromatic heterocycles. The van der Waals surface area contributed by atoms with Crippen molar-refractivity contribution in [2.45, 2.75) is 27.2 Å². The quantitative estimate of drug-likeness (QED) is 0.414. The Kier molecular flexibility index (Phi) is 11.7. The highest BCUT2D eigenvalue weighted by atomic mass is 28.4. The van der Waals surface area contributed by atoms with E-state index < -0.39 is 8.80 Å². The smallest absolute Gasteiger partial charge is 0.385 e. The van der Waals surface area contributed by atoms with Crippen LogP contribution in [0.25, 0.3) is 0 Å². The van der Waals surface area contributed by atoms with Crippen LogP contribution in [-0.2, 0) is 18.0 Å². The van der Waals surface area contributed by atoms with Crippen LogP contribution in [0.15, 0.2) is 0 Å². The molecular formula is C12H28N2O5Si. The van der Waals surface area contributed by atoms with Gasteiger partial charge in [0.05, 0.1) is 6.17 Å². The summed E-state index contributed by atoms with van der Waals surface area (Å²) in [6.45, 7) is 8.29. The van der Waals surface area contributed by atoms with Crippen molar-refractivity contribution in [3.05, 3.63) is 0 Å². The maximum atomic E-state index is 11.7. The van der Waals surface area contributed by atoms with E-state index >= 15 is 0 Å². The predicted octanol–water partition coefficient (Wildman–Crippen LogP) is 0.910. The molecule has 0 fully saturated rings. The monoisotopic (exact) mass is 308 g/mol. The largest absolute Gasteiger partial charge is 0.521 e. The van der Waals surface area contributed by atoms with E-state index in [2.05, 4.69) is 10.6 Å². The Labute approximate surface area is 122 Å². The summed E-state index contributed by atoms with van der Waals surface area (Å²) in [5.74, 6) is 0. The molecule has 0 aliphatic heterocycles. The fourth-order valence-corrected chi connectivity index (χ4v) is 3.86. The van der Waals surface area contributed by atoms with Gasteiger partial charge in [-0.2, -0.15) is 0 Å². The van der Waals surface area contributed by atoms with Gasteiger partial charge in [-0.3, -0.25) is 0 Å². The van der Waals surface area contributed by atoms with Crippen LogP contribution in [0.4, 0.5) is 4.79 Å². The molecule has 120 valence electrons. The molecule has 0 saturated carbocycles. The number of amides is 2. The predicted molar refractivity (Wildman–Crippen MR) is 78.5 cm³/mol. The standard InChI is InChI=1S/C12H28N2O5Si/c1-5-17-20(18-6-2,19-7-3)11-14-12(15)13-9-8-10-16-4/h5-11H2,1-4H3,(H2,13,14,15). The molecule has 0 saturated heterocycles. The minimum atomic E-state index is -2.81. The molecule has 0 rings (SSSR count). The van der Waals surface area contributed by atoms with E-state index in [4.69, 9.17) is 18.0 Å². The van der Waals surface area contributed by atoms with Gasteiger partial charge in [0, 0.05) is 40.1 Å². The molecule has 20 heavy (non-hydrogen) atoms. The van der Waals surface area contributed by atoms with E-state index in [1.807, 2.05) is 20.8 Å². The lowest BCUT2D eigenvalue weighted by molar-refractivity contribution is 0.0706. The van der Waals surface area contributed by atoms with Crippen molar-refractivity contribution in [1.82, 2.24) is 10.6 Å². The Morgan fingerprint density at radius 3 is 2.00 bits per heavy atom. The molecule has 7 nitrogen and oxygen atoms in total. The molecular weight excluding hydrogens is 280 g/mol. The summed E-state index contributed by atoms with van der Waals surface area (Å²) in [5.41, 5.74) is 0. The Hall–Kier alpha value is -0.673. The third-order valence-electron chi connectivity index (χ3n) is 2.37. The van der Waals surface area contributed by atoms with Gasteiger partial charge in [0.2, 0.25) is 0 Å². The molecule has 0 aromatic carbocycles. The average Bonchev–Trinajstić information content (AvgIpc) is 2.42. The summed E-state index contributed by atoms with van der Waals surface area (Å²) in [5, 5.41) is 5.49. The zero-order chi connectivity index (χ0) is 15.3. The molecule has 0 aliphatic rings. The number of hydrogen-bond donors (Lipinski definition) is 2. The molecule has 0 aliphatic carbocycles. The normalized spacial score (nSPS) is 11.4. The molecule has 8 heteroatoms. The number of hydrogen-bond acceptors (Lipinski definition) is 5. The van der Waals surface area contributed by atoms with Crippen LogP contribution in [0, 0.1) is 0 Å². The van der Waals surface area contributed by atoms with Gasteiger partial charge in [-0.25, -0.2) is 4.79 Å². The van der Waals surface area contributed by atoms with Crippen LogP contribution in [0.1, 0.15) is 27.2 Å². The summed E-state index contributed by atoms with van der Waals surface area (Å²) in [6.07, 6.45) is 1.04. The summed E-state index contributed by atoms with van der Waals surface area (Å²) in [4.78, 5) is 11.7. The number of ether oxygens (including phenoxy) is 1. The maximum Gasteiger partial charge on any atom is 0.521 e. The van der Waals surface area contributed by atoms with Crippen LogP contribution < -0.4 is 10.6 Å². The minimum Gasteiger partial charge on any atom is -0.385 e. The van der Waals surface area contributed by atoms with Crippen molar-refractivity contribution in [1.29, 1.82) is 0 Å². The third-order valence-corrected chi connectivity index (χ3v) is 5.16.